The van der Waals surface area contributed by atoms with E-state index in [-0.39, 0.29) is 29.6 Å². The Kier molecular flexibility index (Phi) is 7.45. The fourth-order valence-electron chi connectivity index (χ4n) is 4.94. The van der Waals surface area contributed by atoms with Crippen molar-refractivity contribution in [3.8, 4) is 11.5 Å². The van der Waals surface area contributed by atoms with E-state index in [1.807, 2.05) is 12.1 Å². The van der Waals surface area contributed by atoms with Crippen LogP contribution in [0.4, 0.5) is 23.7 Å². The normalized spacial score (nSPS) is 17.3. The van der Waals surface area contributed by atoms with Gasteiger partial charge in [-0.2, -0.15) is 0 Å². The van der Waals surface area contributed by atoms with Crippen molar-refractivity contribution in [1.82, 2.24) is 10.2 Å². The summed E-state index contributed by atoms with van der Waals surface area (Å²) in [5.74, 6) is 0.179. The number of carbonyl (C=O) groups excluding carboxylic acids is 2. The predicted octanol–water partition coefficient (Wildman–Crippen LogP) is 3.92. The minimum absolute atomic E-state index is 0.0452. The number of amides is 2. The number of nitrogens with one attached hydrogen (secondary N) is 1. The third-order valence-electron chi connectivity index (χ3n) is 6.98. The molecular formula is C27H27F3N3O6-. The molecule has 0 radical (unpaired) electrons. The van der Waals surface area contributed by atoms with Gasteiger partial charge in [-0.1, -0.05) is 0 Å². The first kappa shape index (κ1) is 26.5. The molecule has 0 aliphatic carbocycles. The summed E-state index contributed by atoms with van der Waals surface area (Å²) < 4.78 is 53.0. The van der Waals surface area contributed by atoms with Gasteiger partial charge >= 0.3 is 6.36 Å². The number of benzene rings is 2. The average Bonchev–Trinajstić information content (AvgIpc) is 3.33. The van der Waals surface area contributed by atoms with Crippen molar-refractivity contribution < 1.29 is 41.8 Å². The van der Waals surface area contributed by atoms with Crippen LogP contribution in [0.1, 0.15) is 36.2 Å². The lowest BCUT2D eigenvalue weighted by atomic mass is 10.1. The molecule has 39 heavy (non-hydrogen) atoms. The van der Waals surface area contributed by atoms with Crippen LogP contribution >= 0.6 is 0 Å². The molecule has 2 fully saturated rings. The van der Waals surface area contributed by atoms with Crippen molar-refractivity contribution in [3.63, 3.8) is 0 Å². The first-order valence-electron chi connectivity index (χ1n) is 12.7. The maximum atomic E-state index is 12.7. The molecule has 3 heterocycles. The van der Waals surface area contributed by atoms with E-state index in [2.05, 4.69) is 15.0 Å². The number of hydrogen-bond acceptors (Lipinski definition) is 7. The van der Waals surface area contributed by atoms with Crippen LogP contribution in [0.15, 0.2) is 52.9 Å². The van der Waals surface area contributed by atoms with E-state index < -0.39 is 12.5 Å². The van der Waals surface area contributed by atoms with Crippen LogP contribution in [0.3, 0.4) is 0 Å². The lowest BCUT2D eigenvalue weighted by Crippen LogP contribution is -2.50. The van der Waals surface area contributed by atoms with E-state index in [9.17, 15) is 27.9 Å². The molecule has 0 spiro atoms. The highest BCUT2D eigenvalue weighted by Gasteiger charge is 2.31. The Morgan fingerprint density at radius 2 is 1.59 bits per heavy atom. The molecule has 208 valence electrons. The zero-order chi connectivity index (χ0) is 27.6. The number of rotatable bonds is 6. The third kappa shape index (κ3) is 6.68. The predicted molar refractivity (Wildman–Crippen MR) is 133 cm³/mol. The van der Waals surface area contributed by atoms with Crippen LogP contribution in [0.2, 0.25) is 0 Å². The molecule has 1 aromatic heterocycles. The molecule has 2 aromatic carbocycles. The number of fused-ring (bicyclic) bond motifs is 1. The summed E-state index contributed by atoms with van der Waals surface area (Å²) in [6.07, 6.45) is -3.50. The lowest BCUT2D eigenvalue weighted by Gasteiger charge is -2.33. The molecule has 2 aliphatic rings. The monoisotopic (exact) mass is 546 g/mol. The number of carboxylic acid groups (broad SMARTS) is 1. The van der Waals surface area contributed by atoms with E-state index in [0.29, 0.717) is 50.4 Å². The topological polar surface area (TPSA) is 107 Å². The van der Waals surface area contributed by atoms with Gasteiger partial charge in [0.25, 0.3) is 5.91 Å². The number of carbonyl (C=O) groups is 2. The fraction of sp³-hybridized carbons (Fsp3) is 0.407. The lowest BCUT2D eigenvalue weighted by molar-refractivity contribution is -0.274. The van der Waals surface area contributed by atoms with Crippen LogP contribution in [-0.4, -0.2) is 61.6 Å². The minimum Gasteiger partial charge on any atom is -0.530 e. The Morgan fingerprint density at radius 3 is 2.23 bits per heavy atom. The van der Waals surface area contributed by atoms with Gasteiger partial charge in [0.2, 0.25) is 0 Å². The Labute approximate surface area is 222 Å². The van der Waals surface area contributed by atoms with Gasteiger partial charge in [-0.25, -0.2) is 0 Å². The van der Waals surface area contributed by atoms with Crippen LogP contribution in [-0.2, 0) is 0 Å². The number of nitrogens with zero attached hydrogens (tertiary/aromatic N) is 2. The minimum atomic E-state index is -4.72. The second-order valence-electron chi connectivity index (χ2n) is 9.66. The standard InChI is InChI=1S/C27H28F3N3O6/c28-27(29,30)39-21-5-2-19(3-6-21)32-13-9-20(10-14-32)37-22-4-1-17-15-24(38-23(17)16-22)25(34)31-18-7-11-33(12-8-18)26(35)36/h1-6,15-16,18,20H,7-14H2,(H,31,34)(H,35,36)/p-1. The van der Waals surface area contributed by atoms with Crippen molar-refractivity contribution in [3.05, 3.63) is 54.3 Å². The molecule has 0 atom stereocenters. The first-order valence-corrected chi connectivity index (χ1v) is 12.7. The molecule has 12 heteroatoms. The molecular weight excluding hydrogens is 519 g/mol. The molecule has 9 nitrogen and oxygen atoms in total. The van der Waals surface area contributed by atoms with E-state index in [1.54, 1.807) is 24.3 Å². The number of anilines is 1. The maximum absolute atomic E-state index is 12.7. The van der Waals surface area contributed by atoms with Gasteiger partial charge in [-0.15, -0.1) is 13.2 Å². The van der Waals surface area contributed by atoms with Crippen molar-refractivity contribution in [2.75, 3.05) is 31.1 Å². The van der Waals surface area contributed by atoms with Crippen molar-refractivity contribution >= 4 is 28.7 Å². The van der Waals surface area contributed by atoms with Crippen LogP contribution in [0.25, 0.3) is 11.0 Å². The molecule has 5 rings (SSSR count). The Balaban J connectivity index is 1.13. The van der Waals surface area contributed by atoms with Crippen molar-refractivity contribution in [1.29, 1.82) is 0 Å². The van der Waals surface area contributed by atoms with E-state index in [4.69, 9.17) is 9.15 Å². The Bertz CT molecular complexity index is 1310. The smallest absolute Gasteiger partial charge is 0.530 e. The highest BCUT2D eigenvalue weighted by Crippen LogP contribution is 2.29. The number of hydrogen-bond donors (Lipinski definition) is 1. The van der Waals surface area contributed by atoms with E-state index >= 15 is 0 Å². The summed E-state index contributed by atoms with van der Waals surface area (Å²) in [5, 5.41) is 14.6. The summed E-state index contributed by atoms with van der Waals surface area (Å²) in [7, 11) is 0. The van der Waals surface area contributed by atoms with Crippen LogP contribution in [0.5, 0.6) is 11.5 Å². The molecule has 0 unspecified atom stereocenters. The Hall–Kier alpha value is -4.09. The summed E-state index contributed by atoms with van der Waals surface area (Å²) in [6.45, 7) is 1.99. The van der Waals surface area contributed by atoms with Gasteiger partial charge in [0.05, 0.1) is 0 Å². The van der Waals surface area contributed by atoms with E-state index in [0.717, 1.165) is 23.9 Å². The second-order valence-corrected chi connectivity index (χ2v) is 9.66. The summed E-state index contributed by atoms with van der Waals surface area (Å²) in [5.41, 5.74) is 1.33. The van der Waals surface area contributed by atoms with Gasteiger partial charge in [0.1, 0.15) is 29.3 Å². The summed E-state index contributed by atoms with van der Waals surface area (Å²) in [6, 6.07) is 12.7. The fourth-order valence-corrected chi connectivity index (χ4v) is 4.94. The van der Waals surface area contributed by atoms with E-state index in [1.165, 1.54) is 17.0 Å². The molecule has 2 aliphatic heterocycles. The summed E-state index contributed by atoms with van der Waals surface area (Å²) in [4.78, 5) is 26.9. The number of alkyl halides is 3. The highest BCUT2D eigenvalue weighted by atomic mass is 19.4. The number of halogens is 3. The molecule has 0 bridgehead atoms. The zero-order valence-corrected chi connectivity index (χ0v) is 20.9. The van der Waals surface area contributed by atoms with Crippen LogP contribution in [0, 0.1) is 0 Å². The molecule has 0 saturated carbocycles. The first-order chi connectivity index (χ1) is 18.6. The Morgan fingerprint density at radius 1 is 0.923 bits per heavy atom. The average molecular weight is 547 g/mol. The maximum Gasteiger partial charge on any atom is 0.573 e. The number of furan rings is 1. The van der Waals surface area contributed by atoms with Gasteiger partial charge in [-0.05, 0) is 55.3 Å². The number of piperidine rings is 2. The van der Waals surface area contributed by atoms with Gasteiger partial charge in [-0.3, -0.25) is 4.79 Å². The van der Waals surface area contributed by atoms with Crippen LogP contribution < -0.4 is 24.8 Å². The highest BCUT2D eigenvalue weighted by molar-refractivity contribution is 5.96. The van der Waals surface area contributed by atoms with Crippen molar-refractivity contribution in [2.45, 2.75) is 44.2 Å². The zero-order valence-electron chi connectivity index (χ0n) is 20.9. The molecule has 1 N–H and O–H groups in total. The number of ether oxygens (including phenoxy) is 2. The van der Waals surface area contributed by atoms with Crippen molar-refractivity contribution in [2.24, 2.45) is 0 Å². The number of likely N-dealkylation sites (tertiary alicyclic amines) is 1. The second kappa shape index (κ2) is 11.0. The van der Waals surface area contributed by atoms with Gasteiger partial charge in [0, 0.05) is 62.2 Å². The molecule has 3 aromatic rings. The molecule has 2 saturated heterocycles. The van der Waals surface area contributed by atoms with Gasteiger partial charge in [0.15, 0.2) is 5.76 Å². The van der Waals surface area contributed by atoms with Gasteiger partial charge < -0.3 is 38.9 Å². The SMILES string of the molecule is O=C(NC1CCN(C(=O)[O-])CC1)c1cc2ccc(OC3CCN(c4ccc(OC(F)(F)F)cc4)CC3)cc2o1. The molecule has 2 amide bonds. The quantitative estimate of drug-likeness (QED) is 0.500. The summed E-state index contributed by atoms with van der Waals surface area (Å²) >= 11 is 0. The largest absolute Gasteiger partial charge is 0.573 e. The third-order valence-corrected chi connectivity index (χ3v) is 6.98.